The number of Topliss-reactive ketones (excluding diaryl/α,β-unsaturated/α-hetero) is 2. The van der Waals surface area contributed by atoms with Gasteiger partial charge in [0, 0.05) is 42.1 Å². The minimum absolute atomic E-state index is 0.0845. The smallest absolute Gasteiger partial charge is 0.163 e. The molecule has 1 aromatic heterocycles. The van der Waals surface area contributed by atoms with Gasteiger partial charge in [0.15, 0.2) is 5.78 Å². The van der Waals surface area contributed by atoms with E-state index in [1.54, 1.807) is 6.20 Å². The van der Waals surface area contributed by atoms with Crippen LogP contribution in [0.2, 0.25) is 0 Å². The second kappa shape index (κ2) is 9.11. The first-order valence-electron chi connectivity index (χ1n) is 11.6. The van der Waals surface area contributed by atoms with Crippen molar-refractivity contribution in [3.05, 3.63) is 113 Å². The van der Waals surface area contributed by atoms with E-state index in [9.17, 15) is 9.59 Å². The predicted octanol–water partition coefficient (Wildman–Crippen LogP) is 6.27. The summed E-state index contributed by atoms with van der Waals surface area (Å²) >= 11 is 0. The van der Waals surface area contributed by atoms with Crippen LogP contribution in [0.25, 0.3) is 10.8 Å². The second-order valence-corrected chi connectivity index (χ2v) is 9.18. The highest BCUT2D eigenvalue weighted by molar-refractivity contribution is 5.96. The van der Waals surface area contributed by atoms with Crippen molar-refractivity contribution in [1.29, 1.82) is 0 Å². The molecule has 3 aromatic carbocycles. The summed E-state index contributed by atoms with van der Waals surface area (Å²) in [6, 6.07) is 24.4. The lowest BCUT2D eigenvalue weighted by molar-refractivity contribution is -0.119. The van der Waals surface area contributed by atoms with E-state index in [0.29, 0.717) is 18.6 Å². The molecule has 0 saturated heterocycles. The maximum Gasteiger partial charge on any atom is 0.163 e. The second-order valence-electron chi connectivity index (χ2n) is 9.18. The lowest BCUT2D eigenvalue weighted by Crippen LogP contribution is -2.06. The van der Waals surface area contributed by atoms with Gasteiger partial charge in [-0.2, -0.15) is 0 Å². The summed E-state index contributed by atoms with van der Waals surface area (Å²) in [4.78, 5) is 29.6. The Bertz CT molecular complexity index is 1310. The quantitative estimate of drug-likeness (QED) is 0.308. The molecule has 0 spiro atoms. The van der Waals surface area contributed by atoms with Crippen LogP contribution in [0.3, 0.4) is 0 Å². The molecule has 1 saturated carbocycles. The van der Waals surface area contributed by atoms with Crippen LogP contribution in [0.1, 0.15) is 51.4 Å². The average molecular weight is 434 g/mol. The Kier molecular flexibility index (Phi) is 5.87. The zero-order valence-electron chi connectivity index (χ0n) is 18.8. The van der Waals surface area contributed by atoms with Gasteiger partial charge in [0.2, 0.25) is 0 Å². The Labute approximate surface area is 194 Å². The van der Waals surface area contributed by atoms with E-state index in [2.05, 4.69) is 42.2 Å². The summed E-state index contributed by atoms with van der Waals surface area (Å²) in [5.41, 5.74) is 5.38. The summed E-state index contributed by atoms with van der Waals surface area (Å²) in [7, 11) is 0. The van der Waals surface area contributed by atoms with Gasteiger partial charge >= 0.3 is 0 Å². The lowest BCUT2D eigenvalue weighted by Gasteiger charge is -2.06. The number of pyridine rings is 1. The fraction of sp³-hybridized carbons (Fsp3) is 0.233. The number of nitrogens with zero attached hydrogens (tertiary/aromatic N) is 1. The molecule has 0 amide bonds. The molecule has 0 N–H and O–H groups in total. The van der Waals surface area contributed by atoms with Crippen molar-refractivity contribution in [2.45, 2.75) is 38.5 Å². The number of aryl methyl sites for hydroxylation is 2. The number of ketones is 2. The molecule has 1 fully saturated rings. The molecule has 0 aliphatic heterocycles. The first kappa shape index (κ1) is 21.3. The van der Waals surface area contributed by atoms with Crippen molar-refractivity contribution in [3.8, 4) is 0 Å². The molecule has 1 aliphatic rings. The Hall–Kier alpha value is -3.59. The van der Waals surface area contributed by atoms with E-state index in [1.807, 2.05) is 48.7 Å². The van der Waals surface area contributed by atoms with E-state index in [4.69, 9.17) is 0 Å². The minimum Gasteiger partial charge on any atom is -0.299 e. The van der Waals surface area contributed by atoms with Crippen LogP contribution in [-0.4, -0.2) is 16.6 Å². The maximum atomic E-state index is 12.8. The number of hydrogen-bond donors (Lipinski definition) is 0. The van der Waals surface area contributed by atoms with Gasteiger partial charge in [0.1, 0.15) is 5.78 Å². The van der Waals surface area contributed by atoms with Gasteiger partial charge < -0.3 is 0 Å². The molecule has 0 bridgehead atoms. The molecule has 1 aliphatic carbocycles. The third-order valence-electron chi connectivity index (χ3n) is 6.71. The van der Waals surface area contributed by atoms with Gasteiger partial charge in [-0.3, -0.25) is 14.6 Å². The van der Waals surface area contributed by atoms with Crippen molar-refractivity contribution < 1.29 is 9.59 Å². The van der Waals surface area contributed by atoms with Crippen LogP contribution in [0, 0.1) is 12.8 Å². The van der Waals surface area contributed by atoms with Crippen molar-refractivity contribution in [1.82, 2.24) is 4.98 Å². The van der Waals surface area contributed by atoms with Crippen LogP contribution in [-0.2, 0) is 17.6 Å². The highest BCUT2D eigenvalue weighted by Crippen LogP contribution is 2.48. The largest absolute Gasteiger partial charge is 0.299 e. The molecule has 33 heavy (non-hydrogen) atoms. The summed E-state index contributed by atoms with van der Waals surface area (Å²) in [5.74, 6) is 0.823. The molecule has 164 valence electrons. The van der Waals surface area contributed by atoms with Gasteiger partial charge in [0.05, 0.1) is 0 Å². The monoisotopic (exact) mass is 433 g/mol. The van der Waals surface area contributed by atoms with Gasteiger partial charge in [0.25, 0.3) is 0 Å². The molecule has 3 heteroatoms. The fourth-order valence-corrected chi connectivity index (χ4v) is 4.57. The van der Waals surface area contributed by atoms with Crippen LogP contribution in [0.5, 0.6) is 0 Å². The molecule has 0 unspecified atom stereocenters. The highest BCUT2D eigenvalue weighted by atomic mass is 16.1. The summed E-state index contributed by atoms with van der Waals surface area (Å²) < 4.78 is 0. The topological polar surface area (TPSA) is 47.0 Å². The minimum atomic E-state index is 0.0845. The molecule has 2 atom stereocenters. The Balaban J connectivity index is 1.16. The summed E-state index contributed by atoms with van der Waals surface area (Å²) in [6.07, 6.45) is 6.25. The molecule has 1 heterocycles. The lowest BCUT2D eigenvalue weighted by atomic mass is 9.98. The SMILES string of the molecule is Cc1ccc(CCC(=O)c2ccc([C@@H]3C[C@H]3C(=O)Cc3ccc4cnccc4c3)cc2)cc1. The van der Waals surface area contributed by atoms with E-state index < -0.39 is 0 Å². The molecule has 4 aromatic rings. The molecular formula is C30H27NO2. The summed E-state index contributed by atoms with van der Waals surface area (Å²) in [6.45, 7) is 2.07. The predicted molar refractivity (Wildman–Crippen MR) is 132 cm³/mol. The number of carbonyl (C=O) groups is 2. The zero-order valence-corrected chi connectivity index (χ0v) is 18.8. The van der Waals surface area contributed by atoms with E-state index in [-0.39, 0.29) is 17.6 Å². The van der Waals surface area contributed by atoms with Crippen molar-refractivity contribution in [2.24, 2.45) is 5.92 Å². The third kappa shape index (κ3) is 4.93. The number of aromatic nitrogens is 1. The van der Waals surface area contributed by atoms with Crippen molar-refractivity contribution >= 4 is 22.3 Å². The van der Waals surface area contributed by atoms with Crippen LogP contribution in [0.15, 0.2) is 85.2 Å². The average Bonchev–Trinajstić information content (AvgIpc) is 3.65. The van der Waals surface area contributed by atoms with Crippen LogP contribution < -0.4 is 0 Å². The van der Waals surface area contributed by atoms with Gasteiger partial charge in [-0.05, 0) is 53.8 Å². The molecule has 3 nitrogen and oxygen atoms in total. The highest BCUT2D eigenvalue weighted by Gasteiger charge is 2.43. The number of benzene rings is 3. The Morgan fingerprint density at radius 2 is 1.64 bits per heavy atom. The summed E-state index contributed by atoms with van der Waals surface area (Å²) in [5, 5.41) is 2.21. The Morgan fingerprint density at radius 1 is 0.879 bits per heavy atom. The van der Waals surface area contributed by atoms with Crippen molar-refractivity contribution in [3.63, 3.8) is 0 Å². The number of fused-ring (bicyclic) bond motifs is 1. The number of rotatable bonds is 8. The van der Waals surface area contributed by atoms with E-state index in [0.717, 1.165) is 40.3 Å². The molecule has 0 radical (unpaired) electrons. The van der Waals surface area contributed by atoms with Crippen LogP contribution in [0.4, 0.5) is 0 Å². The van der Waals surface area contributed by atoms with Crippen molar-refractivity contribution in [2.75, 3.05) is 0 Å². The number of hydrogen-bond acceptors (Lipinski definition) is 3. The maximum absolute atomic E-state index is 12.8. The third-order valence-corrected chi connectivity index (χ3v) is 6.71. The van der Waals surface area contributed by atoms with E-state index >= 15 is 0 Å². The van der Waals surface area contributed by atoms with Gasteiger partial charge in [-0.15, -0.1) is 0 Å². The fourth-order valence-electron chi connectivity index (χ4n) is 4.57. The van der Waals surface area contributed by atoms with E-state index in [1.165, 1.54) is 11.1 Å². The Morgan fingerprint density at radius 3 is 2.42 bits per heavy atom. The normalized spacial score (nSPS) is 17.1. The first-order chi connectivity index (χ1) is 16.1. The number of carbonyl (C=O) groups excluding carboxylic acids is 2. The molecule has 5 rings (SSSR count). The molecular weight excluding hydrogens is 406 g/mol. The first-order valence-corrected chi connectivity index (χ1v) is 11.6. The van der Waals surface area contributed by atoms with Gasteiger partial charge in [-0.1, -0.05) is 72.3 Å². The standard InChI is InChI=1S/C30H27NO2/c1-20-2-4-21(5-3-20)7-13-29(32)24-11-9-23(10-12-24)27-18-28(27)30(33)17-22-6-8-26-19-31-15-14-25(26)16-22/h2-6,8-12,14-16,19,27-28H,7,13,17-18H2,1H3/t27-,28+/m0/s1. The zero-order chi connectivity index (χ0) is 22.8. The van der Waals surface area contributed by atoms with Gasteiger partial charge in [-0.25, -0.2) is 0 Å². The van der Waals surface area contributed by atoms with Crippen LogP contribution >= 0.6 is 0 Å².